The molecule has 0 fully saturated rings. The molecule has 6 heteroatoms. The Balaban J connectivity index is 4.43. The molecule has 0 saturated carbocycles. The van der Waals surface area contributed by atoms with Crippen LogP contribution < -0.4 is 5.73 Å². The van der Waals surface area contributed by atoms with Gasteiger partial charge >= 0.3 is 11.9 Å². The van der Waals surface area contributed by atoms with Crippen LogP contribution in [-0.2, 0) is 9.59 Å². The molecule has 0 saturated heterocycles. The third-order valence-electron chi connectivity index (χ3n) is 2.17. The highest BCUT2D eigenvalue weighted by Gasteiger charge is 2.25. The summed E-state index contributed by atoms with van der Waals surface area (Å²) in [6, 6.07) is -0.990. The molecule has 0 aromatic heterocycles. The van der Waals surface area contributed by atoms with E-state index in [9.17, 15) is 9.59 Å². The molecule has 0 amide bonds. The van der Waals surface area contributed by atoms with Crippen molar-refractivity contribution in [2.45, 2.75) is 18.9 Å². The number of quaternary nitrogens is 1. The summed E-state index contributed by atoms with van der Waals surface area (Å²) in [5.74, 6) is -2.23. The van der Waals surface area contributed by atoms with Gasteiger partial charge in [0.15, 0.2) is 0 Å². The summed E-state index contributed by atoms with van der Waals surface area (Å²) < 4.78 is 0.588. The predicted molar refractivity (Wildman–Crippen MR) is 58.9 cm³/mol. The third-order valence-corrected chi connectivity index (χ3v) is 2.17. The zero-order chi connectivity index (χ0) is 12.9. The fourth-order valence-electron chi connectivity index (χ4n) is 1.70. The molecule has 0 aliphatic heterocycles. The van der Waals surface area contributed by atoms with Crippen LogP contribution in [0.2, 0.25) is 0 Å². The standard InChI is InChI=1S/C10H20N2O4/c1-12(2,3)6-7(5-9(13)14)4-8(11)10(15)16/h7-8H,4-6,11H2,1-3H3,(H-,13,14,15,16)/p+1. The highest BCUT2D eigenvalue weighted by molar-refractivity contribution is 5.73. The Hall–Kier alpha value is -1.14. The lowest BCUT2D eigenvalue weighted by Gasteiger charge is -2.29. The van der Waals surface area contributed by atoms with Crippen molar-refractivity contribution in [1.82, 2.24) is 0 Å². The molecular weight excluding hydrogens is 212 g/mol. The van der Waals surface area contributed by atoms with Crippen LogP contribution in [0, 0.1) is 5.92 Å². The predicted octanol–water partition coefficient (Wildman–Crippen LogP) is -0.414. The molecule has 0 bridgehead atoms. The summed E-state index contributed by atoms with van der Waals surface area (Å²) in [6.07, 6.45) is 0.146. The summed E-state index contributed by atoms with van der Waals surface area (Å²) in [6.45, 7) is 0.591. The van der Waals surface area contributed by atoms with Crippen LogP contribution in [-0.4, -0.2) is 60.4 Å². The van der Waals surface area contributed by atoms with E-state index in [1.165, 1.54) is 0 Å². The molecule has 0 aromatic carbocycles. The zero-order valence-corrected chi connectivity index (χ0v) is 10.0. The van der Waals surface area contributed by atoms with Crippen LogP contribution in [0.5, 0.6) is 0 Å². The van der Waals surface area contributed by atoms with Crippen molar-refractivity contribution in [1.29, 1.82) is 0 Å². The summed E-state index contributed by atoms with van der Waals surface area (Å²) in [5.41, 5.74) is 5.41. The van der Waals surface area contributed by atoms with Crippen molar-refractivity contribution in [2.75, 3.05) is 27.7 Å². The van der Waals surface area contributed by atoms with Crippen molar-refractivity contribution in [2.24, 2.45) is 11.7 Å². The first-order chi connectivity index (χ1) is 7.11. The quantitative estimate of drug-likeness (QED) is 0.519. The van der Waals surface area contributed by atoms with E-state index in [1.54, 1.807) is 0 Å². The number of carboxylic acid groups (broad SMARTS) is 2. The SMILES string of the molecule is C[N+](C)(C)CC(CC(=O)O)CC(N)C(=O)O. The van der Waals surface area contributed by atoms with E-state index in [0.29, 0.717) is 11.0 Å². The number of hydrogen-bond acceptors (Lipinski definition) is 3. The van der Waals surface area contributed by atoms with Gasteiger partial charge in [-0.25, -0.2) is 0 Å². The van der Waals surface area contributed by atoms with Crippen LogP contribution in [0.25, 0.3) is 0 Å². The van der Waals surface area contributed by atoms with Crippen LogP contribution in [0.1, 0.15) is 12.8 Å². The van der Waals surface area contributed by atoms with E-state index in [1.807, 2.05) is 21.1 Å². The molecule has 0 heterocycles. The van der Waals surface area contributed by atoms with E-state index >= 15 is 0 Å². The van der Waals surface area contributed by atoms with Gasteiger partial charge in [-0.2, -0.15) is 0 Å². The van der Waals surface area contributed by atoms with Gasteiger partial charge in [0.25, 0.3) is 0 Å². The van der Waals surface area contributed by atoms with E-state index in [-0.39, 0.29) is 18.8 Å². The molecule has 0 aromatic rings. The largest absolute Gasteiger partial charge is 0.481 e. The van der Waals surface area contributed by atoms with E-state index < -0.39 is 18.0 Å². The number of carboxylic acids is 2. The molecular formula is C10H21N2O4+. The Morgan fingerprint density at radius 2 is 1.75 bits per heavy atom. The average Bonchev–Trinajstić information content (AvgIpc) is 1.98. The Bertz CT molecular complexity index is 260. The van der Waals surface area contributed by atoms with Gasteiger partial charge in [0, 0.05) is 5.92 Å². The fourth-order valence-corrected chi connectivity index (χ4v) is 1.70. The molecule has 0 radical (unpaired) electrons. The minimum atomic E-state index is -1.09. The monoisotopic (exact) mass is 233 g/mol. The second-order valence-corrected chi connectivity index (χ2v) is 5.12. The number of nitrogens with two attached hydrogens (primary N) is 1. The Morgan fingerprint density at radius 1 is 1.25 bits per heavy atom. The maximum absolute atomic E-state index is 10.7. The summed E-state index contributed by atoms with van der Waals surface area (Å²) in [4.78, 5) is 21.3. The van der Waals surface area contributed by atoms with Gasteiger partial charge in [0.1, 0.15) is 6.04 Å². The molecule has 4 N–H and O–H groups in total. The van der Waals surface area contributed by atoms with Crippen molar-refractivity contribution in [3.05, 3.63) is 0 Å². The lowest BCUT2D eigenvalue weighted by molar-refractivity contribution is -0.873. The number of nitrogens with zero attached hydrogens (tertiary/aromatic N) is 1. The Kier molecular flexibility index (Phi) is 5.40. The van der Waals surface area contributed by atoms with E-state index in [2.05, 4.69) is 0 Å². The molecule has 0 spiro atoms. The van der Waals surface area contributed by atoms with Crippen LogP contribution >= 0.6 is 0 Å². The van der Waals surface area contributed by atoms with Crippen molar-refractivity contribution in [3.63, 3.8) is 0 Å². The minimum absolute atomic E-state index is 0.0451. The van der Waals surface area contributed by atoms with Gasteiger partial charge in [-0.1, -0.05) is 0 Å². The zero-order valence-electron chi connectivity index (χ0n) is 10.0. The van der Waals surface area contributed by atoms with Crippen molar-refractivity contribution in [3.8, 4) is 0 Å². The maximum Gasteiger partial charge on any atom is 0.320 e. The minimum Gasteiger partial charge on any atom is -0.481 e. The molecule has 0 aliphatic carbocycles. The van der Waals surface area contributed by atoms with Gasteiger partial charge in [-0.15, -0.1) is 0 Å². The Labute approximate surface area is 95.2 Å². The first kappa shape index (κ1) is 14.9. The van der Waals surface area contributed by atoms with Crippen LogP contribution in [0.4, 0.5) is 0 Å². The number of carbonyl (C=O) groups is 2. The van der Waals surface area contributed by atoms with Gasteiger partial charge in [0.2, 0.25) is 0 Å². The molecule has 2 atom stereocenters. The number of rotatable bonds is 7. The number of aliphatic carboxylic acids is 2. The van der Waals surface area contributed by atoms with Crippen LogP contribution in [0.3, 0.4) is 0 Å². The lowest BCUT2D eigenvalue weighted by atomic mass is 9.96. The smallest absolute Gasteiger partial charge is 0.320 e. The van der Waals surface area contributed by atoms with Gasteiger partial charge in [0.05, 0.1) is 34.1 Å². The Morgan fingerprint density at radius 3 is 2.06 bits per heavy atom. The van der Waals surface area contributed by atoms with E-state index in [4.69, 9.17) is 15.9 Å². The van der Waals surface area contributed by atoms with Gasteiger partial charge in [-0.3, -0.25) is 9.59 Å². The normalized spacial score (nSPS) is 15.5. The lowest BCUT2D eigenvalue weighted by Crippen LogP contribution is -2.42. The second-order valence-electron chi connectivity index (χ2n) is 5.12. The fraction of sp³-hybridized carbons (Fsp3) is 0.800. The second kappa shape index (κ2) is 5.81. The first-order valence-electron chi connectivity index (χ1n) is 5.12. The molecule has 0 rings (SSSR count). The van der Waals surface area contributed by atoms with Crippen molar-refractivity contribution >= 4 is 11.9 Å². The molecule has 0 aliphatic rings. The number of hydrogen-bond donors (Lipinski definition) is 3. The summed E-state index contributed by atoms with van der Waals surface area (Å²) in [5, 5.41) is 17.4. The molecule has 16 heavy (non-hydrogen) atoms. The summed E-state index contributed by atoms with van der Waals surface area (Å²) >= 11 is 0. The van der Waals surface area contributed by atoms with Gasteiger partial charge < -0.3 is 20.4 Å². The van der Waals surface area contributed by atoms with Crippen LogP contribution in [0.15, 0.2) is 0 Å². The topological polar surface area (TPSA) is 101 Å². The first-order valence-corrected chi connectivity index (χ1v) is 5.12. The highest BCUT2D eigenvalue weighted by atomic mass is 16.4. The molecule has 2 unspecified atom stereocenters. The van der Waals surface area contributed by atoms with E-state index in [0.717, 1.165) is 0 Å². The molecule has 6 nitrogen and oxygen atoms in total. The van der Waals surface area contributed by atoms with Gasteiger partial charge in [-0.05, 0) is 6.42 Å². The maximum atomic E-state index is 10.7. The summed E-state index contributed by atoms with van der Waals surface area (Å²) in [7, 11) is 5.80. The average molecular weight is 233 g/mol. The molecule has 94 valence electrons. The third kappa shape index (κ3) is 7.19. The highest BCUT2D eigenvalue weighted by Crippen LogP contribution is 2.14. The van der Waals surface area contributed by atoms with Crippen molar-refractivity contribution < 1.29 is 24.3 Å².